The fraction of sp³-hybridized carbons (Fsp3) is 0.636. The van der Waals surface area contributed by atoms with Crippen molar-refractivity contribution in [2.75, 3.05) is 36.9 Å². The average molecular weight is 348 g/mol. The summed E-state index contributed by atoms with van der Waals surface area (Å²) in [5, 5.41) is 0. The summed E-state index contributed by atoms with van der Waals surface area (Å²) < 4.78 is 6.31. The summed E-state index contributed by atoms with van der Waals surface area (Å²) >= 11 is 2.22. The number of hydrogen-bond acceptors (Lipinski definition) is 5. The molecule has 1 aliphatic rings. The Morgan fingerprint density at radius 1 is 1.35 bits per heavy atom. The van der Waals surface area contributed by atoms with Gasteiger partial charge in [-0.15, -0.1) is 0 Å². The second-order valence-corrected chi connectivity index (χ2v) is 5.10. The number of anilines is 2. The Balaban J connectivity index is 2.27. The van der Waals surface area contributed by atoms with Gasteiger partial charge in [0.2, 0.25) is 5.95 Å². The molecule has 0 aromatic carbocycles. The largest absolute Gasteiger partial charge is 0.383 e. The highest BCUT2D eigenvalue weighted by Gasteiger charge is 2.17. The van der Waals surface area contributed by atoms with E-state index in [1.54, 1.807) is 0 Å². The van der Waals surface area contributed by atoms with Gasteiger partial charge in [-0.3, -0.25) is 0 Å². The number of nitrogen functional groups attached to an aromatic ring is 1. The standard InChI is InChI=1S/C11H17IN4O/c1-2-3-8-9(12)10(13)15-11(14-8)16-4-6-17-7-5-16/h2-7H2,1H3,(H2,13,14,15). The van der Waals surface area contributed by atoms with E-state index >= 15 is 0 Å². The molecule has 0 spiro atoms. The number of aryl methyl sites for hydroxylation is 1. The molecule has 1 aromatic heterocycles. The summed E-state index contributed by atoms with van der Waals surface area (Å²) in [7, 11) is 0. The van der Waals surface area contributed by atoms with Crippen LogP contribution in [0.25, 0.3) is 0 Å². The average Bonchev–Trinajstić information content (AvgIpc) is 2.36. The van der Waals surface area contributed by atoms with Crippen LogP contribution in [-0.2, 0) is 11.2 Å². The molecule has 0 amide bonds. The number of nitrogens with zero attached hydrogens (tertiary/aromatic N) is 3. The van der Waals surface area contributed by atoms with Gasteiger partial charge in [-0.05, 0) is 29.0 Å². The number of ether oxygens (including phenoxy) is 1. The van der Waals surface area contributed by atoms with E-state index in [0.717, 1.165) is 54.4 Å². The Morgan fingerprint density at radius 3 is 2.71 bits per heavy atom. The molecule has 0 radical (unpaired) electrons. The van der Waals surface area contributed by atoms with Crippen molar-refractivity contribution in [3.05, 3.63) is 9.26 Å². The molecule has 5 nitrogen and oxygen atoms in total. The topological polar surface area (TPSA) is 64.3 Å². The first-order valence-corrected chi connectivity index (χ1v) is 6.94. The van der Waals surface area contributed by atoms with Crippen LogP contribution in [0.4, 0.5) is 11.8 Å². The summed E-state index contributed by atoms with van der Waals surface area (Å²) in [5.74, 6) is 1.33. The van der Waals surface area contributed by atoms with E-state index in [2.05, 4.69) is 44.4 Å². The zero-order valence-electron chi connectivity index (χ0n) is 9.95. The third-order valence-electron chi connectivity index (χ3n) is 2.71. The van der Waals surface area contributed by atoms with E-state index in [0.29, 0.717) is 5.82 Å². The molecule has 1 aromatic rings. The lowest BCUT2D eigenvalue weighted by Gasteiger charge is -2.27. The number of hydrogen-bond donors (Lipinski definition) is 1. The van der Waals surface area contributed by atoms with Gasteiger partial charge in [0.15, 0.2) is 0 Å². The summed E-state index contributed by atoms with van der Waals surface area (Å²) in [4.78, 5) is 11.1. The lowest BCUT2D eigenvalue weighted by Crippen LogP contribution is -2.37. The van der Waals surface area contributed by atoms with Gasteiger partial charge in [0.1, 0.15) is 5.82 Å². The highest BCUT2D eigenvalue weighted by atomic mass is 127. The third kappa shape index (κ3) is 2.98. The minimum Gasteiger partial charge on any atom is -0.383 e. The molecule has 94 valence electrons. The number of rotatable bonds is 3. The van der Waals surface area contributed by atoms with Gasteiger partial charge in [0.25, 0.3) is 0 Å². The van der Waals surface area contributed by atoms with Gasteiger partial charge in [-0.25, -0.2) is 4.98 Å². The van der Waals surface area contributed by atoms with Crippen molar-refractivity contribution in [3.8, 4) is 0 Å². The van der Waals surface area contributed by atoms with Crippen LogP contribution in [0.15, 0.2) is 0 Å². The van der Waals surface area contributed by atoms with Crippen molar-refractivity contribution in [2.24, 2.45) is 0 Å². The maximum Gasteiger partial charge on any atom is 0.227 e. The fourth-order valence-corrected chi connectivity index (χ4v) is 2.32. The maximum atomic E-state index is 5.94. The minimum atomic E-state index is 0.588. The molecule has 1 aliphatic heterocycles. The number of morpholine rings is 1. The Bertz CT molecular complexity index is 393. The van der Waals surface area contributed by atoms with Crippen molar-refractivity contribution in [3.63, 3.8) is 0 Å². The zero-order chi connectivity index (χ0) is 12.3. The Hall–Kier alpha value is -0.630. The Morgan fingerprint density at radius 2 is 2.06 bits per heavy atom. The van der Waals surface area contributed by atoms with Crippen molar-refractivity contribution in [1.29, 1.82) is 0 Å². The SMILES string of the molecule is CCCc1nc(N2CCOCC2)nc(N)c1I. The fourth-order valence-electron chi connectivity index (χ4n) is 1.81. The Kier molecular flexibility index (Phi) is 4.38. The molecule has 0 aliphatic carbocycles. The highest BCUT2D eigenvalue weighted by molar-refractivity contribution is 14.1. The number of halogens is 1. The second-order valence-electron chi connectivity index (χ2n) is 4.02. The van der Waals surface area contributed by atoms with Crippen LogP contribution in [0.1, 0.15) is 19.0 Å². The molecule has 2 heterocycles. The van der Waals surface area contributed by atoms with E-state index in [1.165, 1.54) is 0 Å². The van der Waals surface area contributed by atoms with Gasteiger partial charge >= 0.3 is 0 Å². The van der Waals surface area contributed by atoms with Gasteiger partial charge in [0.05, 0.1) is 22.5 Å². The first kappa shape index (κ1) is 12.8. The number of aromatic nitrogens is 2. The molecule has 0 unspecified atom stereocenters. The first-order valence-electron chi connectivity index (χ1n) is 5.87. The quantitative estimate of drug-likeness (QED) is 0.838. The van der Waals surface area contributed by atoms with Crippen LogP contribution in [-0.4, -0.2) is 36.3 Å². The summed E-state index contributed by atoms with van der Waals surface area (Å²) in [6, 6.07) is 0. The normalized spacial score (nSPS) is 16.2. The van der Waals surface area contributed by atoms with Crippen LogP contribution in [0.3, 0.4) is 0 Å². The maximum absolute atomic E-state index is 5.94. The number of nitrogens with two attached hydrogens (primary N) is 1. The van der Waals surface area contributed by atoms with Gasteiger partial charge in [-0.1, -0.05) is 13.3 Å². The first-order chi connectivity index (χ1) is 8.22. The van der Waals surface area contributed by atoms with E-state index in [4.69, 9.17) is 10.5 Å². The second kappa shape index (κ2) is 5.81. The van der Waals surface area contributed by atoms with Gasteiger partial charge in [-0.2, -0.15) is 4.98 Å². The van der Waals surface area contributed by atoms with Crippen LogP contribution >= 0.6 is 22.6 Å². The smallest absolute Gasteiger partial charge is 0.227 e. The molecule has 17 heavy (non-hydrogen) atoms. The molecule has 0 saturated carbocycles. The van der Waals surface area contributed by atoms with Crippen molar-refractivity contribution >= 4 is 34.4 Å². The van der Waals surface area contributed by atoms with Crippen LogP contribution in [0.2, 0.25) is 0 Å². The monoisotopic (exact) mass is 348 g/mol. The van der Waals surface area contributed by atoms with Crippen LogP contribution in [0.5, 0.6) is 0 Å². The summed E-state index contributed by atoms with van der Waals surface area (Å²) in [6.07, 6.45) is 2.01. The zero-order valence-corrected chi connectivity index (χ0v) is 12.1. The Labute approximate surface area is 115 Å². The van der Waals surface area contributed by atoms with Crippen LogP contribution < -0.4 is 10.6 Å². The molecule has 1 fully saturated rings. The molecule has 1 saturated heterocycles. The molecule has 0 atom stereocenters. The molecule has 2 rings (SSSR count). The summed E-state index contributed by atoms with van der Waals surface area (Å²) in [6.45, 7) is 5.29. The van der Waals surface area contributed by atoms with E-state index in [9.17, 15) is 0 Å². The van der Waals surface area contributed by atoms with Crippen LogP contribution in [0, 0.1) is 3.57 Å². The molecule has 6 heteroatoms. The van der Waals surface area contributed by atoms with Gasteiger partial charge < -0.3 is 15.4 Å². The van der Waals surface area contributed by atoms with E-state index < -0.39 is 0 Å². The third-order valence-corrected chi connectivity index (χ3v) is 3.89. The summed E-state index contributed by atoms with van der Waals surface area (Å²) in [5.41, 5.74) is 7.00. The molecule has 0 bridgehead atoms. The van der Waals surface area contributed by atoms with E-state index in [1.807, 2.05) is 0 Å². The molecule has 2 N–H and O–H groups in total. The predicted octanol–water partition coefficient (Wildman–Crippen LogP) is 1.45. The lowest BCUT2D eigenvalue weighted by atomic mass is 10.2. The molecular formula is C11H17IN4O. The predicted molar refractivity (Wildman–Crippen MR) is 76.2 cm³/mol. The van der Waals surface area contributed by atoms with Crippen molar-refractivity contribution in [1.82, 2.24) is 9.97 Å². The van der Waals surface area contributed by atoms with Crippen molar-refractivity contribution in [2.45, 2.75) is 19.8 Å². The van der Waals surface area contributed by atoms with Gasteiger partial charge in [0, 0.05) is 13.1 Å². The van der Waals surface area contributed by atoms with E-state index in [-0.39, 0.29) is 0 Å². The molecular weight excluding hydrogens is 331 g/mol. The minimum absolute atomic E-state index is 0.588. The lowest BCUT2D eigenvalue weighted by molar-refractivity contribution is 0.122. The highest BCUT2D eigenvalue weighted by Crippen LogP contribution is 2.21. The van der Waals surface area contributed by atoms with Crippen molar-refractivity contribution < 1.29 is 4.74 Å².